The molecule has 4 rings (SSSR count). The standard InChI is InChI=1S/C23H20ClF2N3O5/c1-4-23(25,26)22-28-27-21-17(11-18(30)31)34-19(13-6-5-7-16(32-2)20(13)33-3)14-10-12(24)8-9-15(14)29(21)22/h4-10,17,19H,1,11H2,2-3H3,(H,30,31)/t17-,19-/m1/s1. The molecule has 0 fully saturated rings. The molecule has 1 aromatic heterocycles. The van der Waals surface area contributed by atoms with E-state index in [0.29, 0.717) is 33.7 Å². The lowest BCUT2D eigenvalue weighted by Crippen LogP contribution is -2.19. The molecule has 1 aliphatic heterocycles. The maximum Gasteiger partial charge on any atom is 0.325 e. The molecule has 2 aromatic carbocycles. The van der Waals surface area contributed by atoms with Gasteiger partial charge >= 0.3 is 11.9 Å². The van der Waals surface area contributed by atoms with Crippen LogP contribution in [0.3, 0.4) is 0 Å². The zero-order valence-electron chi connectivity index (χ0n) is 18.2. The first-order valence-electron chi connectivity index (χ1n) is 10.1. The molecule has 2 atom stereocenters. The van der Waals surface area contributed by atoms with E-state index in [9.17, 15) is 18.7 Å². The second-order valence-corrected chi connectivity index (χ2v) is 7.87. The molecule has 0 amide bonds. The average molecular weight is 492 g/mol. The van der Waals surface area contributed by atoms with Crippen LogP contribution in [0.5, 0.6) is 11.5 Å². The van der Waals surface area contributed by atoms with Gasteiger partial charge in [0.15, 0.2) is 17.3 Å². The molecule has 0 bridgehead atoms. The third-order valence-corrected chi connectivity index (χ3v) is 5.65. The normalized spacial score (nSPS) is 17.3. The van der Waals surface area contributed by atoms with Crippen LogP contribution < -0.4 is 9.47 Å². The van der Waals surface area contributed by atoms with Gasteiger partial charge in [-0.25, -0.2) is 0 Å². The first-order chi connectivity index (χ1) is 16.2. The van der Waals surface area contributed by atoms with E-state index in [1.807, 2.05) is 0 Å². The number of carbonyl (C=O) groups is 1. The van der Waals surface area contributed by atoms with Crippen molar-refractivity contribution in [2.45, 2.75) is 24.6 Å². The third-order valence-electron chi connectivity index (χ3n) is 5.42. The molecule has 2 heterocycles. The van der Waals surface area contributed by atoms with Crippen LogP contribution in [0, 0.1) is 0 Å². The fourth-order valence-corrected chi connectivity index (χ4v) is 4.12. The summed E-state index contributed by atoms with van der Waals surface area (Å²) in [6.07, 6.45) is -2.30. The van der Waals surface area contributed by atoms with E-state index >= 15 is 0 Å². The van der Waals surface area contributed by atoms with Crippen molar-refractivity contribution in [3.8, 4) is 17.2 Å². The fourth-order valence-electron chi connectivity index (χ4n) is 3.94. The van der Waals surface area contributed by atoms with Crippen LogP contribution in [-0.2, 0) is 15.5 Å². The Hall–Kier alpha value is -3.50. The summed E-state index contributed by atoms with van der Waals surface area (Å²) in [4.78, 5) is 11.7. The van der Waals surface area contributed by atoms with E-state index in [4.69, 9.17) is 25.8 Å². The number of aliphatic carboxylic acids is 1. The van der Waals surface area contributed by atoms with Crippen LogP contribution in [0.1, 0.15) is 41.4 Å². The summed E-state index contributed by atoms with van der Waals surface area (Å²) in [7, 11) is 2.92. The number of benzene rings is 2. The highest BCUT2D eigenvalue weighted by atomic mass is 35.5. The van der Waals surface area contributed by atoms with E-state index in [1.54, 1.807) is 24.3 Å². The number of nitrogens with zero attached hydrogens (tertiary/aromatic N) is 3. The molecule has 0 radical (unpaired) electrons. The van der Waals surface area contributed by atoms with Gasteiger partial charge in [0, 0.05) is 16.1 Å². The fraction of sp³-hybridized carbons (Fsp3) is 0.261. The molecule has 34 heavy (non-hydrogen) atoms. The summed E-state index contributed by atoms with van der Waals surface area (Å²) in [5.74, 6) is -4.83. The lowest BCUT2D eigenvalue weighted by atomic mass is 9.98. The molecular weight excluding hydrogens is 472 g/mol. The number of carboxylic acids is 1. The van der Waals surface area contributed by atoms with Crippen molar-refractivity contribution in [3.63, 3.8) is 0 Å². The van der Waals surface area contributed by atoms with E-state index in [2.05, 4.69) is 16.8 Å². The number of hydrogen-bond acceptors (Lipinski definition) is 6. The number of hydrogen-bond donors (Lipinski definition) is 1. The first-order valence-corrected chi connectivity index (χ1v) is 10.4. The van der Waals surface area contributed by atoms with E-state index < -0.39 is 36.3 Å². The number of fused-ring (bicyclic) bond motifs is 3. The van der Waals surface area contributed by atoms with Crippen molar-refractivity contribution in [2.24, 2.45) is 0 Å². The Labute approximate surface area is 198 Å². The summed E-state index contributed by atoms with van der Waals surface area (Å²) in [5.41, 5.74) is 1.12. The molecule has 1 N–H and O–H groups in total. The predicted molar refractivity (Wildman–Crippen MR) is 118 cm³/mol. The Morgan fingerprint density at radius 1 is 1.26 bits per heavy atom. The molecule has 0 saturated heterocycles. The van der Waals surface area contributed by atoms with Gasteiger partial charge in [-0.05, 0) is 30.3 Å². The topological polar surface area (TPSA) is 95.7 Å². The van der Waals surface area contributed by atoms with Crippen LogP contribution in [-0.4, -0.2) is 40.1 Å². The number of allylic oxidation sites excluding steroid dienone is 1. The summed E-state index contributed by atoms with van der Waals surface area (Å²) in [6, 6.07) is 9.71. The maximum absolute atomic E-state index is 14.8. The highest BCUT2D eigenvalue weighted by molar-refractivity contribution is 6.30. The smallest absolute Gasteiger partial charge is 0.325 e. The predicted octanol–water partition coefficient (Wildman–Crippen LogP) is 4.85. The minimum atomic E-state index is -3.55. The number of carboxylic acid groups (broad SMARTS) is 1. The lowest BCUT2D eigenvalue weighted by Gasteiger charge is -2.24. The second kappa shape index (κ2) is 9.03. The molecule has 178 valence electrons. The monoisotopic (exact) mass is 491 g/mol. The molecule has 11 heteroatoms. The molecular formula is C23H20ClF2N3O5. The van der Waals surface area contributed by atoms with Crippen LogP contribution in [0.25, 0.3) is 5.69 Å². The van der Waals surface area contributed by atoms with Gasteiger partial charge in [0.1, 0.15) is 12.2 Å². The number of rotatable bonds is 7. The maximum atomic E-state index is 14.8. The molecule has 8 nitrogen and oxygen atoms in total. The van der Waals surface area contributed by atoms with E-state index in [-0.39, 0.29) is 11.5 Å². The van der Waals surface area contributed by atoms with Crippen molar-refractivity contribution in [1.29, 1.82) is 0 Å². The van der Waals surface area contributed by atoms with Gasteiger partial charge in [0.2, 0.25) is 5.82 Å². The highest BCUT2D eigenvalue weighted by Crippen LogP contribution is 2.47. The first kappa shape index (κ1) is 23.7. The second-order valence-electron chi connectivity index (χ2n) is 7.43. The Kier molecular flexibility index (Phi) is 6.28. The zero-order valence-corrected chi connectivity index (χ0v) is 18.9. The number of aromatic nitrogens is 3. The van der Waals surface area contributed by atoms with Crippen molar-refractivity contribution in [3.05, 3.63) is 76.9 Å². The minimum absolute atomic E-state index is 0.0909. The van der Waals surface area contributed by atoms with E-state index in [0.717, 1.165) is 4.57 Å². The van der Waals surface area contributed by atoms with Crippen LogP contribution >= 0.6 is 11.6 Å². The highest BCUT2D eigenvalue weighted by Gasteiger charge is 2.42. The van der Waals surface area contributed by atoms with Gasteiger partial charge in [-0.3, -0.25) is 9.36 Å². The van der Waals surface area contributed by atoms with Crippen molar-refractivity contribution >= 4 is 17.6 Å². The molecule has 0 unspecified atom stereocenters. The van der Waals surface area contributed by atoms with Gasteiger partial charge in [-0.1, -0.05) is 30.3 Å². The summed E-state index contributed by atoms with van der Waals surface area (Å²) >= 11 is 6.28. The third kappa shape index (κ3) is 3.99. The van der Waals surface area contributed by atoms with Crippen LogP contribution in [0.15, 0.2) is 49.1 Å². The van der Waals surface area contributed by atoms with Gasteiger partial charge in [0.05, 0.1) is 26.3 Å². The SMILES string of the molecule is C=CC(F)(F)c1nnc2n1-c1ccc(Cl)cc1[C@@H](c1cccc(OC)c1OC)O[C@@H]2CC(=O)O. The van der Waals surface area contributed by atoms with Crippen molar-refractivity contribution in [2.75, 3.05) is 14.2 Å². The van der Waals surface area contributed by atoms with Crippen molar-refractivity contribution in [1.82, 2.24) is 14.8 Å². The number of halogens is 3. The number of alkyl halides is 2. The summed E-state index contributed by atoms with van der Waals surface area (Å²) < 4.78 is 47.9. The zero-order chi connectivity index (χ0) is 24.6. The summed E-state index contributed by atoms with van der Waals surface area (Å²) in [5, 5.41) is 17.4. The molecule has 1 aliphatic rings. The largest absolute Gasteiger partial charge is 0.493 e. The Balaban J connectivity index is 2.05. The Bertz CT molecular complexity index is 1260. The molecule has 0 aliphatic carbocycles. The number of ether oxygens (including phenoxy) is 3. The molecule has 0 spiro atoms. The van der Waals surface area contributed by atoms with Crippen molar-refractivity contribution < 1.29 is 32.9 Å². The molecule has 0 saturated carbocycles. The Morgan fingerprint density at radius 2 is 2.03 bits per heavy atom. The lowest BCUT2D eigenvalue weighted by molar-refractivity contribution is -0.141. The van der Waals surface area contributed by atoms with Crippen LogP contribution in [0.2, 0.25) is 5.02 Å². The average Bonchev–Trinajstić information content (AvgIpc) is 3.22. The number of methoxy groups -OCH3 is 2. The quantitative estimate of drug-likeness (QED) is 0.472. The number of para-hydroxylation sites is 1. The van der Waals surface area contributed by atoms with Gasteiger partial charge in [-0.2, -0.15) is 8.78 Å². The minimum Gasteiger partial charge on any atom is -0.493 e. The van der Waals surface area contributed by atoms with Crippen LogP contribution in [0.4, 0.5) is 8.78 Å². The molecule has 3 aromatic rings. The van der Waals surface area contributed by atoms with E-state index in [1.165, 1.54) is 26.4 Å². The van der Waals surface area contributed by atoms with Gasteiger partial charge < -0.3 is 19.3 Å². The summed E-state index contributed by atoms with van der Waals surface area (Å²) in [6.45, 7) is 3.19. The Morgan fingerprint density at radius 3 is 2.68 bits per heavy atom. The van der Waals surface area contributed by atoms with Gasteiger partial charge in [0.25, 0.3) is 0 Å². The van der Waals surface area contributed by atoms with Gasteiger partial charge in [-0.15, -0.1) is 10.2 Å².